The zero-order chi connectivity index (χ0) is 36.0. The molecule has 1 aliphatic carbocycles. The monoisotopic (exact) mass is 708 g/mol. The molecule has 0 aliphatic heterocycles. The van der Waals surface area contributed by atoms with Gasteiger partial charge in [-0.2, -0.15) is 0 Å². The summed E-state index contributed by atoms with van der Waals surface area (Å²) in [5.74, 6) is 0. The minimum absolute atomic E-state index is 0.0410. The van der Waals surface area contributed by atoms with E-state index in [1.807, 2.05) is 11.3 Å². The molecule has 2 heterocycles. The largest absolute Gasteiger partial charge is 0.310 e. The Kier molecular flexibility index (Phi) is 6.80. The van der Waals surface area contributed by atoms with Gasteiger partial charge in [-0.05, 0) is 94.0 Å². The number of nitrogens with zero attached hydrogens (tertiary/aromatic N) is 2. The van der Waals surface area contributed by atoms with E-state index in [1.165, 1.54) is 81.0 Å². The maximum atomic E-state index is 2.43. The minimum atomic E-state index is -0.0410. The fourth-order valence-electron chi connectivity index (χ4n) is 8.96. The summed E-state index contributed by atoms with van der Waals surface area (Å²) >= 11 is 1.88. The number of fused-ring (bicyclic) bond motifs is 9. The van der Waals surface area contributed by atoms with Crippen molar-refractivity contribution in [2.24, 2.45) is 0 Å². The maximum Gasteiger partial charge on any atom is 0.0541 e. The third-order valence-electron chi connectivity index (χ3n) is 11.6. The van der Waals surface area contributed by atoms with Crippen molar-refractivity contribution in [2.45, 2.75) is 19.3 Å². The Morgan fingerprint density at radius 3 is 1.74 bits per heavy atom. The van der Waals surface area contributed by atoms with E-state index in [-0.39, 0.29) is 5.41 Å². The SMILES string of the molecule is CC1(C)c2ccccc2-c2cc(N(c3ccc(-c4ccccc4)cc3)c3ccc4c(c3)sc3cc(-n5c6ccccc6c6ccccc65)ccc34)ccc21. The highest BCUT2D eigenvalue weighted by atomic mass is 32.1. The van der Waals surface area contributed by atoms with Crippen LogP contribution in [-0.2, 0) is 5.41 Å². The second-order valence-corrected chi connectivity index (χ2v) is 16.1. The van der Waals surface area contributed by atoms with Crippen molar-refractivity contribution < 1.29 is 0 Å². The van der Waals surface area contributed by atoms with Gasteiger partial charge in [-0.25, -0.2) is 0 Å². The lowest BCUT2D eigenvalue weighted by atomic mass is 9.82. The Balaban J connectivity index is 1.06. The van der Waals surface area contributed by atoms with Gasteiger partial charge in [0.25, 0.3) is 0 Å². The van der Waals surface area contributed by atoms with E-state index in [2.05, 4.69) is 205 Å². The third-order valence-corrected chi connectivity index (χ3v) is 12.7. The summed E-state index contributed by atoms with van der Waals surface area (Å²) in [4.78, 5) is 2.43. The number of hydrogen-bond acceptors (Lipinski definition) is 2. The normalized spacial score (nSPS) is 13.1. The number of hydrogen-bond donors (Lipinski definition) is 0. The molecule has 0 amide bonds. The highest BCUT2D eigenvalue weighted by Gasteiger charge is 2.35. The van der Waals surface area contributed by atoms with Gasteiger partial charge >= 0.3 is 0 Å². The van der Waals surface area contributed by atoms with Crippen molar-refractivity contribution in [3.05, 3.63) is 193 Å². The van der Waals surface area contributed by atoms with Crippen molar-refractivity contribution in [1.82, 2.24) is 4.57 Å². The molecule has 8 aromatic carbocycles. The van der Waals surface area contributed by atoms with Crippen LogP contribution < -0.4 is 4.90 Å². The molecule has 0 fully saturated rings. The summed E-state index contributed by atoms with van der Waals surface area (Å²) in [5, 5.41) is 5.15. The van der Waals surface area contributed by atoms with Crippen LogP contribution in [0.5, 0.6) is 0 Å². The van der Waals surface area contributed by atoms with Crippen LogP contribution in [-0.4, -0.2) is 4.57 Å². The highest BCUT2D eigenvalue weighted by Crippen LogP contribution is 2.51. The van der Waals surface area contributed by atoms with Gasteiger partial charge in [-0.1, -0.05) is 135 Å². The van der Waals surface area contributed by atoms with Gasteiger partial charge in [0.05, 0.1) is 11.0 Å². The topological polar surface area (TPSA) is 8.17 Å². The molecule has 0 unspecified atom stereocenters. The molecular weight excluding hydrogens is 673 g/mol. The van der Waals surface area contributed by atoms with Crippen LogP contribution in [0.2, 0.25) is 0 Å². The molecular formula is C51H36N2S. The first-order chi connectivity index (χ1) is 26.5. The molecule has 0 saturated carbocycles. The molecule has 2 nitrogen and oxygen atoms in total. The van der Waals surface area contributed by atoms with Gasteiger partial charge < -0.3 is 9.47 Å². The average Bonchev–Trinajstić information content (AvgIpc) is 3.83. The van der Waals surface area contributed by atoms with Gasteiger partial charge in [0.2, 0.25) is 0 Å². The molecule has 0 atom stereocenters. The number of aromatic nitrogens is 1. The van der Waals surface area contributed by atoms with Gasteiger partial charge in [0.15, 0.2) is 0 Å². The highest BCUT2D eigenvalue weighted by molar-refractivity contribution is 7.25. The zero-order valence-corrected chi connectivity index (χ0v) is 30.9. The number of anilines is 3. The van der Waals surface area contributed by atoms with Crippen LogP contribution in [0.25, 0.3) is 69.9 Å². The second kappa shape index (κ2) is 11.8. The van der Waals surface area contributed by atoms with Gasteiger partial charge in [-0.15, -0.1) is 11.3 Å². The van der Waals surface area contributed by atoms with E-state index >= 15 is 0 Å². The number of benzene rings is 8. The van der Waals surface area contributed by atoms with Gasteiger partial charge in [0, 0.05) is 59.1 Å². The van der Waals surface area contributed by atoms with E-state index in [1.54, 1.807) is 0 Å². The van der Waals surface area contributed by atoms with Crippen LogP contribution in [0, 0.1) is 0 Å². The van der Waals surface area contributed by atoms with Crippen LogP contribution >= 0.6 is 11.3 Å². The fraction of sp³-hybridized carbons (Fsp3) is 0.0588. The lowest BCUT2D eigenvalue weighted by Gasteiger charge is -2.27. The molecule has 0 bridgehead atoms. The molecule has 0 spiro atoms. The number of thiophene rings is 1. The molecule has 2 aromatic heterocycles. The third kappa shape index (κ3) is 4.65. The Morgan fingerprint density at radius 2 is 0.981 bits per heavy atom. The quantitative estimate of drug-likeness (QED) is 0.173. The Morgan fingerprint density at radius 1 is 0.426 bits per heavy atom. The first-order valence-corrected chi connectivity index (χ1v) is 19.5. The van der Waals surface area contributed by atoms with Crippen molar-refractivity contribution >= 4 is 70.4 Å². The molecule has 11 rings (SSSR count). The first kappa shape index (κ1) is 31.1. The summed E-state index contributed by atoms with van der Waals surface area (Å²) < 4.78 is 4.98. The molecule has 3 heteroatoms. The van der Waals surface area contributed by atoms with Crippen LogP contribution in [0.4, 0.5) is 17.1 Å². The van der Waals surface area contributed by atoms with Gasteiger partial charge in [-0.3, -0.25) is 0 Å². The van der Waals surface area contributed by atoms with Crippen LogP contribution in [0.1, 0.15) is 25.0 Å². The second-order valence-electron chi connectivity index (χ2n) is 15.0. The summed E-state index contributed by atoms with van der Waals surface area (Å²) in [6.45, 7) is 4.69. The molecule has 0 saturated heterocycles. The standard InChI is InChI=1S/C51H36N2S/c1-51(2)45-17-9-6-14-39(45)44-30-36(26-29-46(44)51)52(35-22-20-34(21-23-35)33-12-4-3-5-13-33)37-24-27-42-43-28-25-38(32-50(43)54-49(42)31-37)53-47-18-10-7-15-40(47)41-16-8-11-19-48(41)53/h3-32H,1-2H3. The molecule has 1 aliphatic rings. The smallest absolute Gasteiger partial charge is 0.0541 e. The van der Waals surface area contributed by atoms with E-state index in [4.69, 9.17) is 0 Å². The first-order valence-electron chi connectivity index (χ1n) is 18.7. The number of rotatable bonds is 5. The van der Waals surface area contributed by atoms with E-state index in [0.717, 1.165) is 17.1 Å². The molecule has 256 valence electrons. The number of para-hydroxylation sites is 2. The Labute approximate surface area is 318 Å². The lowest BCUT2D eigenvalue weighted by Crippen LogP contribution is -2.15. The molecule has 0 N–H and O–H groups in total. The fourth-order valence-corrected chi connectivity index (χ4v) is 10.1. The summed E-state index contributed by atoms with van der Waals surface area (Å²) in [6.07, 6.45) is 0. The summed E-state index contributed by atoms with van der Waals surface area (Å²) in [7, 11) is 0. The summed E-state index contributed by atoms with van der Waals surface area (Å²) in [5.41, 5.74) is 14.9. The van der Waals surface area contributed by atoms with Crippen molar-refractivity contribution in [3.63, 3.8) is 0 Å². The van der Waals surface area contributed by atoms with Crippen molar-refractivity contribution in [2.75, 3.05) is 4.90 Å². The predicted octanol–water partition coefficient (Wildman–Crippen LogP) is 14.6. The average molecular weight is 709 g/mol. The van der Waals surface area contributed by atoms with Crippen LogP contribution in [0.3, 0.4) is 0 Å². The van der Waals surface area contributed by atoms with E-state index in [9.17, 15) is 0 Å². The Hall–Kier alpha value is -6.42. The van der Waals surface area contributed by atoms with E-state index in [0.29, 0.717) is 0 Å². The molecule has 0 radical (unpaired) electrons. The summed E-state index contributed by atoms with van der Waals surface area (Å²) in [6, 6.07) is 67.1. The van der Waals surface area contributed by atoms with Gasteiger partial charge in [0.1, 0.15) is 0 Å². The maximum absolute atomic E-state index is 2.43. The zero-order valence-electron chi connectivity index (χ0n) is 30.1. The van der Waals surface area contributed by atoms with Crippen LogP contribution in [0.15, 0.2) is 182 Å². The minimum Gasteiger partial charge on any atom is -0.310 e. The van der Waals surface area contributed by atoms with Crippen molar-refractivity contribution in [1.29, 1.82) is 0 Å². The lowest BCUT2D eigenvalue weighted by molar-refractivity contribution is 0.660. The molecule has 10 aromatic rings. The van der Waals surface area contributed by atoms with Crippen molar-refractivity contribution in [3.8, 4) is 27.9 Å². The predicted molar refractivity (Wildman–Crippen MR) is 231 cm³/mol. The Bertz CT molecular complexity index is 3020. The van der Waals surface area contributed by atoms with E-state index < -0.39 is 0 Å². The molecule has 54 heavy (non-hydrogen) atoms.